The number of carboxylic acid groups (broad SMARTS) is 2. The highest BCUT2D eigenvalue weighted by Gasteiger charge is 2.01. The Morgan fingerprint density at radius 2 is 0.893 bits per heavy atom. The summed E-state index contributed by atoms with van der Waals surface area (Å²) in [5.41, 5.74) is 3.56. The van der Waals surface area contributed by atoms with Gasteiger partial charge in [-0.05, 0) is 59.7 Å². The molecule has 6 nitrogen and oxygen atoms in total. The van der Waals surface area contributed by atoms with E-state index in [4.69, 9.17) is 10.2 Å². The van der Waals surface area contributed by atoms with Crippen LogP contribution in [-0.2, 0) is 0 Å². The Kier molecular flexibility index (Phi) is 5.72. The van der Waals surface area contributed by atoms with Gasteiger partial charge in [0.25, 0.3) is 0 Å². The largest absolute Gasteiger partial charge is 0.478 e. The van der Waals surface area contributed by atoms with Crippen molar-refractivity contribution in [1.82, 2.24) is 0 Å². The van der Waals surface area contributed by atoms with E-state index in [9.17, 15) is 9.59 Å². The summed E-state index contributed by atoms with van der Waals surface area (Å²) in [6.45, 7) is 0. The van der Waals surface area contributed by atoms with Crippen LogP contribution in [0.15, 0.2) is 82.8 Å². The minimum absolute atomic E-state index is 0.233. The van der Waals surface area contributed by atoms with E-state index in [1.807, 2.05) is 24.3 Å². The lowest BCUT2D eigenvalue weighted by atomic mass is 10.1. The Hall–Kier alpha value is -4.06. The van der Waals surface area contributed by atoms with Crippen LogP contribution in [-0.4, -0.2) is 34.6 Å². The summed E-state index contributed by atoms with van der Waals surface area (Å²) in [5.74, 6) is -1.92. The number of rotatable bonds is 6. The standard InChI is InChI=1S/C22H16N2O4/c25-21(26)17-5-1-15(2-6-17)13-23-19-9-11-20(12-10-19)24-14-16-3-7-18(8-4-16)22(27)28/h1-14H,(H,25,26)(H,27,28). The molecule has 0 spiro atoms. The lowest BCUT2D eigenvalue weighted by Crippen LogP contribution is -1.95. The monoisotopic (exact) mass is 372 g/mol. The predicted octanol–water partition coefficient (Wildman–Crippen LogP) is 4.58. The Morgan fingerprint density at radius 1 is 0.571 bits per heavy atom. The fraction of sp³-hybridized carbons (Fsp3) is 0. The number of aromatic carboxylic acids is 2. The molecule has 138 valence electrons. The second kappa shape index (κ2) is 8.55. The zero-order valence-corrected chi connectivity index (χ0v) is 14.7. The van der Waals surface area contributed by atoms with Gasteiger partial charge in [0.1, 0.15) is 0 Å². The molecule has 0 bridgehead atoms. The molecule has 0 aliphatic rings. The van der Waals surface area contributed by atoms with E-state index in [0.29, 0.717) is 0 Å². The molecular formula is C22H16N2O4. The van der Waals surface area contributed by atoms with E-state index in [0.717, 1.165) is 22.5 Å². The number of carboxylic acids is 2. The summed E-state index contributed by atoms with van der Waals surface area (Å²) in [6, 6.07) is 20.2. The van der Waals surface area contributed by atoms with Crippen molar-refractivity contribution < 1.29 is 19.8 Å². The highest BCUT2D eigenvalue weighted by molar-refractivity contribution is 5.90. The SMILES string of the molecule is O=C(O)c1ccc(C=Nc2ccc(N=Cc3ccc(C(=O)O)cc3)cc2)cc1. The first-order valence-electron chi connectivity index (χ1n) is 8.36. The maximum absolute atomic E-state index is 10.8. The second-order valence-electron chi connectivity index (χ2n) is 5.89. The molecule has 0 heterocycles. The number of hydrogen-bond donors (Lipinski definition) is 2. The third-order valence-corrected chi connectivity index (χ3v) is 3.89. The van der Waals surface area contributed by atoms with Gasteiger partial charge in [-0.25, -0.2) is 9.59 Å². The number of benzene rings is 3. The lowest BCUT2D eigenvalue weighted by molar-refractivity contribution is 0.0686. The normalized spacial score (nSPS) is 11.1. The average molecular weight is 372 g/mol. The molecule has 0 amide bonds. The van der Waals surface area contributed by atoms with E-state index in [2.05, 4.69) is 9.98 Å². The van der Waals surface area contributed by atoms with Crippen LogP contribution in [0.3, 0.4) is 0 Å². The molecule has 3 aromatic carbocycles. The van der Waals surface area contributed by atoms with Gasteiger partial charge in [0, 0.05) is 12.4 Å². The number of carbonyl (C=O) groups is 2. The molecule has 0 fully saturated rings. The van der Waals surface area contributed by atoms with Gasteiger partial charge in [-0.15, -0.1) is 0 Å². The summed E-state index contributed by atoms with van der Waals surface area (Å²) >= 11 is 0. The highest BCUT2D eigenvalue weighted by atomic mass is 16.4. The molecular weight excluding hydrogens is 356 g/mol. The minimum atomic E-state index is -0.961. The van der Waals surface area contributed by atoms with Crippen LogP contribution in [0.25, 0.3) is 0 Å². The first-order valence-corrected chi connectivity index (χ1v) is 8.36. The summed E-state index contributed by atoms with van der Waals surface area (Å²) < 4.78 is 0. The van der Waals surface area contributed by atoms with E-state index in [-0.39, 0.29) is 11.1 Å². The number of aliphatic imine (C=N–C) groups is 2. The third-order valence-electron chi connectivity index (χ3n) is 3.89. The van der Waals surface area contributed by atoms with Gasteiger partial charge in [0.2, 0.25) is 0 Å². The Labute approximate surface area is 161 Å². The molecule has 0 radical (unpaired) electrons. The van der Waals surface area contributed by atoms with Gasteiger partial charge in [0.15, 0.2) is 0 Å². The summed E-state index contributed by atoms with van der Waals surface area (Å²) in [4.78, 5) is 30.4. The van der Waals surface area contributed by atoms with Crippen molar-refractivity contribution in [2.75, 3.05) is 0 Å². The topological polar surface area (TPSA) is 99.3 Å². The summed E-state index contributed by atoms with van der Waals surface area (Å²) in [5, 5.41) is 17.8. The van der Waals surface area contributed by atoms with E-state index in [1.165, 1.54) is 24.3 Å². The van der Waals surface area contributed by atoms with Crippen molar-refractivity contribution in [2.24, 2.45) is 9.98 Å². The Bertz CT molecular complexity index is 949. The molecule has 0 aromatic heterocycles. The van der Waals surface area contributed by atoms with E-state index < -0.39 is 11.9 Å². The van der Waals surface area contributed by atoms with E-state index in [1.54, 1.807) is 36.7 Å². The van der Waals surface area contributed by atoms with Gasteiger partial charge >= 0.3 is 11.9 Å². The van der Waals surface area contributed by atoms with Crippen LogP contribution >= 0.6 is 0 Å². The Balaban J connectivity index is 1.64. The maximum atomic E-state index is 10.8. The fourth-order valence-electron chi connectivity index (χ4n) is 2.35. The molecule has 0 unspecified atom stereocenters. The smallest absolute Gasteiger partial charge is 0.335 e. The molecule has 3 rings (SSSR count). The zero-order valence-electron chi connectivity index (χ0n) is 14.7. The molecule has 0 aliphatic carbocycles. The minimum Gasteiger partial charge on any atom is -0.478 e. The maximum Gasteiger partial charge on any atom is 0.335 e. The number of hydrogen-bond acceptors (Lipinski definition) is 4. The van der Waals surface area contributed by atoms with E-state index >= 15 is 0 Å². The fourth-order valence-corrected chi connectivity index (χ4v) is 2.35. The van der Waals surface area contributed by atoms with Crippen molar-refractivity contribution in [1.29, 1.82) is 0 Å². The molecule has 6 heteroatoms. The van der Waals surface area contributed by atoms with Crippen molar-refractivity contribution >= 4 is 35.7 Å². The quantitative estimate of drug-likeness (QED) is 0.618. The zero-order chi connectivity index (χ0) is 19.9. The van der Waals surface area contributed by atoms with Crippen molar-refractivity contribution in [2.45, 2.75) is 0 Å². The second-order valence-corrected chi connectivity index (χ2v) is 5.89. The first-order chi connectivity index (χ1) is 13.5. The van der Waals surface area contributed by atoms with Crippen molar-refractivity contribution in [3.8, 4) is 0 Å². The van der Waals surface area contributed by atoms with Gasteiger partial charge in [-0.3, -0.25) is 9.98 Å². The average Bonchev–Trinajstić information content (AvgIpc) is 2.72. The summed E-state index contributed by atoms with van der Waals surface area (Å²) in [6.07, 6.45) is 3.32. The van der Waals surface area contributed by atoms with Crippen molar-refractivity contribution in [3.05, 3.63) is 95.1 Å². The predicted molar refractivity (Wildman–Crippen MR) is 108 cm³/mol. The molecule has 3 aromatic rings. The molecule has 0 atom stereocenters. The molecule has 0 aliphatic heterocycles. The Morgan fingerprint density at radius 3 is 1.18 bits per heavy atom. The molecule has 0 saturated heterocycles. The highest BCUT2D eigenvalue weighted by Crippen LogP contribution is 2.19. The van der Waals surface area contributed by atoms with Crippen LogP contribution in [0.4, 0.5) is 11.4 Å². The van der Waals surface area contributed by atoms with Crippen LogP contribution in [0.1, 0.15) is 31.8 Å². The van der Waals surface area contributed by atoms with Gasteiger partial charge in [-0.2, -0.15) is 0 Å². The molecule has 2 N–H and O–H groups in total. The van der Waals surface area contributed by atoms with Gasteiger partial charge < -0.3 is 10.2 Å². The molecule has 28 heavy (non-hydrogen) atoms. The number of nitrogens with zero attached hydrogens (tertiary/aromatic N) is 2. The van der Waals surface area contributed by atoms with Crippen LogP contribution < -0.4 is 0 Å². The van der Waals surface area contributed by atoms with Gasteiger partial charge in [0.05, 0.1) is 22.5 Å². The van der Waals surface area contributed by atoms with Crippen LogP contribution in [0.5, 0.6) is 0 Å². The molecule has 0 saturated carbocycles. The van der Waals surface area contributed by atoms with Crippen molar-refractivity contribution in [3.63, 3.8) is 0 Å². The van der Waals surface area contributed by atoms with Gasteiger partial charge in [-0.1, -0.05) is 24.3 Å². The van der Waals surface area contributed by atoms with Crippen LogP contribution in [0, 0.1) is 0 Å². The lowest BCUT2D eigenvalue weighted by Gasteiger charge is -1.98. The first kappa shape index (κ1) is 18.7. The summed E-state index contributed by atoms with van der Waals surface area (Å²) in [7, 11) is 0. The van der Waals surface area contributed by atoms with Crippen LogP contribution in [0.2, 0.25) is 0 Å². The third kappa shape index (κ3) is 4.98.